The first-order valence-corrected chi connectivity index (χ1v) is 15.8. The fourth-order valence-electron chi connectivity index (χ4n) is 6.14. The van der Waals surface area contributed by atoms with E-state index in [-0.39, 0.29) is 0 Å². The third kappa shape index (κ3) is 4.96. The van der Waals surface area contributed by atoms with Gasteiger partial charge < -0.3 is 4.42 Å². The summed E-state index contributed by atoms with van der Waals surface area (Å²) in [5.41, 5.74) is 4.93. The van der Waals surface area contributed by atoms with Crippen molar-refractivity contribution in [2.45, 2.75) is 90.9 Å². The number of furan rings is 1. The monoisotopic (exact) mass is 520 g/mol. The molecule has 0 aliphatic heterocycles. The zero-order valence-electron chi connectivity index (χ0n) is 23.1. The lowest BCUT2D eigenvalue weighted by molar-refractivity contribution is 0.607. The molecule has 0 aliphatic carbocycles. The molecule has 2 heterocycles. The third-order valence-corrected chi connectivity index (χ3v) is 9.54. The van der Waals surface area contributed by atoms with E-state index in [1.54, 1.807) is 0 Å². The highest BCUT2D eigenvalue weighted by Gasteiger charge is 2.15. The van der Waals surface area contributed by atoms with E-state index in [1.807, 2.05) is 11.3 Å². The summed E-state index contributed by atoms with van der Waals surface area (Å²) in [5.74, 6) is 0. The molecule has 6 aromatic rings. The number of hydrogen-bond donors (Lipinski definition) is 0. The largest absolute Gasteiger partial charge is 0.455 e. The molecule has 0 radical (unpaired) electrons. The fourth-order valence-corrected chi connectivity index (χ4v) is 7.43. The molecule has 0 saturated heterocycles. The molecular weight excluding hydrogens is 480 g/mol. The van der Waals surface area contributed by atoms with Gasteiger partial charge in [-0.3, -0.25) is 0 Å². The number of fused-ring (bicyclic) bond motifs is 9. The summed E-state index contributed by atoms with van der Waals surface area (Å²) in [6.07, 6.45) is 15.6. The smallest absolute Gasteiger partial charge is 0.143 e. The standard InChI is InChI=1S/C36H40OS/c1-3-5-7-9-10-12-14-26-16-18-28-31-21-20-30-32(36(31)38-34(28)24-26)22-19-29-27-17-15-25(13-11-8-6-4-2)23-33(27)37-35(29)30/h15-24H,3-14H2,1-2H3. The molecule has 1 nitrogen and oxygen atoms in total. The first-order valence-electron chi connectivity index (χ1n) is 15.0. The van der Waals surface area contributed by atoms with Crippen LogP contribution in [0.5, 0.6) is 0 Å². The maximum atomic E-state index is 6.56. The summed E-state index contributed by atoms with van der Waals surface area (Å²) in [6, 6.07) is 23.2. The van der Waals surface area contributed by atoms with Crippen molar-refractivity contribution < 1.29 is 4.42 Å². The number of thiophene rings is 1. The highest BCUT2D eigenvalue weighted by atomic mass is 32.1. The van der Waals surface area contributed by atoms with E-state index in [4.69, 9.17) is 4.42 Å². The van der Waals surface area contributed by atoms with Gasteiger partial charge in [0.05, 0.1) is 0 Å². The Bertz CT molecular complexity index is 1700. The lowest BCUT2D eigenvalue weighted by Gasteiger charge is -2.03. The van der Waals surface area contributed by atoms with Crippen molar-refractivity contribution in [3.63, 3.8) is 0 Å². The average molecular weight is 521 g/mol. The zero-order chi connectivity index (χ0) is 25.9. The van der Waals surface area contributed by atoms with Gasteiger partial charge in [0.15, 0.2) is 0 Å². The minimum absolute atomic E-state index is 1.02. The van der Waals surface area contributed by atoms with Crippen LogP contribution in [0.25, 0.3) is 52.9 Å². The lowest BCUT2D eigenvalue weighted by atomic mass is 10.0. The van der Waals surface area contributed by atoms with Crippen LogP contribution in [0.15, 0.2) is 65.1 Å². The maximum Gasteiger partial charge on any atom is 0.143 e. The van der Waals surface area contributed by atoms with Crippen LogP contribution in [0.3, 0.4) is 0 Å². The van der Waals surface area contributed by atoms with Gasteiger partial charge in [-0.05, 0) is 61.1 Å². The van der Waals surface area contributed by atoms with Crippen LogP contribution in [0.4, 0.5) is 0 Å². The van der Waals surface area contributed by atoms with Gasteiger partial charge in [0.1, 0.15) is 11.2 Å². The van der Waals surface area contributed by atoms with Gasteiger partial charge in [-0.2, -0.15) is 0 Å². The summed E-state index contributed by atoms with van der Waals surface area (Å²) in [4.78, 5) is 0. The van der Waals surface area contributed by atoms with Gasteiger partial charge in [0.2, 0.25) is 0 Å². The van der Waals surface area contributed by atoms with E-state index >= 15 is 0 Å². The van der Waals surface area contributed by atoms with E-state index < -0.39 is 0 Å². The van der Waals surface area contributed by atoms with Gasteiger partial charge in [-0.25, -0.2) is 0 Å². The summed E-state index contributed by atoms with van der Waals surface area (Å²) in [7, 11) is 0. The molecule has 0 saturated carbocycles. The molecule has 0 spiro atoms. The van der Waals surface area contributed by atoms with E-state index in [0.717, 1.165) is 17.6 Å². The highest BCUT2D eigenvalue weighted by molar-refractivity contribution is 7.26. The van der Waals surface area contributed by atoms with Crippen LogP contribution in [0.2, 0.25) is 0 Å². The first-order chi connectivity index (χ1) is 18.8. The molecule has 38 heavy (non-hydrogen) atoms. The molecular formula is C36H40OS. The van der Waals surface area contributed by atoms with Gasteiger partial charge in [0.25, 0.3) is 0 Å². The van der Waals surface area contributed by atoms with Crippen LogP contribution >= 0.6 is 11.3 Å². The summed E-state index contributed by atoms with van der Waals surface area (Å²) < 4.78 is 9.35. The molecule has 196 valence electrons. The van der Waals surface area contributed by atoms with E-state index in [0.29, 0.717) is 0 Å². The SMILES string of the molecule is CCCCCCCCc1ccc2c(c1)sc1c2ccc2c1ccc1c3ccc(CCCCCC)cc3oc12. The highest BCUT2D eigenvalue weighted by Crippen LogP contribution is 2.42. The van der Waals surface area contributed by atoms with Gasteiger partial charge in [-0.15, -0.1) is 11.3 Å². The molecule has 0 fully saturated rings. The molecule has 2 heteroatoms. The minimum Gasteiger partial charge on any atom is -0.455 e. The Morgan fingerprint density at radius 3 is 1.79 bits per heavy atom. The fraction of sp³-hybridized carbons (Fsp3) is 0.389. The Balaban J connectivity index is 1.31. The Morgan fingerprint density at radius 1 is 0.526 bits per heavy atom. The lowest BCUT2D eigenvalue weighted by Crippen LogP contribution is -1.86. The molecule has 6 rings (SSSR count). The predicted molar refractivity (Wildman–Crippen MR) is 169 cm³/mol. The van der Waals surface area contributed by atoms with Gasteiger partial charge in [0, 0.05) is 41.7 Å². The Kier molecular flexibility index (Phi) is 7.70. The Hall–Kier alpha value is -2.84. The quantitative estimate of drug-likeness (QED) is 0.146. The number of rotatable bonds is 12. The Labute approximate surface area is 230 Å². The molecule has 0 N–H and O–H groups in total. The summed E-state index contributed by atoms with van der Waals surface area (Å²) >= 11 is 1.94. The Morgan fingerprint density at radius 2 is 1.05 bits per heavy atom. The van der Waals surface area contributed by atoms with Crippen molar-refractivity contribution in [3.05, 3.63) is 71.8 Å². The van der Waals surface area contributed by atoms with Crippen LogP contribution in [0, 0.1) is 0 Å². The van der Waals surface area contributed by atoms with Gasteiger partial charge >= 0.3 is 0 Å². The first kappa shape index (κ1) is 25.4. The molecule has 2 aromatic heterocycles. The molecule has 0 aliphatic rings. The van der Waals surface area contributed by atoms with Crippen molar-refractivity contribution in [2.75, 3.05) is 0 Å². The normalized spacial score (nSPS) is 12.2. The topological polar surface area (TPSA) is 13.1 Å². The number of aryl methyl sites for hydroxylation is 2. The van der Waals surface area contributed by atoms with E-state index in [2.05, 4.69) is 74.5 Å². The van der Waals surface area contributed by atoms with Crippen LogP contribution in [0.1, 0.15) is 89.2 Å². The number of hydrogen-bond acceptors (Lipinski definition) is 2. The van der Waals surface area contributed by atoms with E-state index in [9.17, 15) is 0 Å². The summed E-state index contributed by atoms with van der Waals surface area (Å²) in [5, 5.41) is 7.76. The molecule has 0 amide bonds. The molecule has 4 aromatic carbocycles. The van der Waals surface area contributed by atoms with Crippen molar-refractivity contribution in [3.8, 4) is 0 Å². The molecule has 0 atom stereocenters. The van der Waals surface area contributed by atoms with Gasteiger partial charge in [-0.1, -0.05) is 102 Å². The number of benzene rings is 4. The number of unbranched alkanes of at least 4 members (excludes halogenated alkanes) is 8. The molecule has 0 bridgehead atoms. The summed E-state index contributed by atoms with van der Waals surface area (Å²) in [6.45, 7) is 4.56. The third-order valence-electron chi connectivity index (χ3n) is 8.34. The van der Waals surface area contributed by atoms with Crippen LogP contribution < -0.4 is 0 Å². The maximum absolute atomic E-state index is 6.56. The van der Waals surface area contributed by atoms with Crippen molar-refractivity contribution in [2.24, 2.45) is 0 Å². The molecule has 0 unspecified atom stereocenters. The minimum atomic E-state index is 1.02. The predicted octanol–water partition coefficient (Wildman–Crippen LogP) is 12.1. The zero-order valence-corrected chi connectivity index (χ0v) is 23.9. The van der Waals surface area contributed by atoms with E-state index in [1.165, 1.54) is 123 Å². The van der Waals surface area contributed by atoms with Crippen LogP contribution in [-0.4, -0.2) is 0 Å². The second-order valence-electron chi connectivity index (χ2n) is 11.2. The second kappa shape index (κ2) is 11.5. The van der Waals surface area contributed by atoms with Crippen molar-refractivity contribution in [1.82, 2.24) is 0 Å². The van der Waals surface area contributed by atoms with Crippen molar-refractivity contribution >= 4 is 64.2 Å². The van der Waals surface area contributed by atoms with Crippen LogP contribution in [-0.2, 0) is 12.8 Å². The average Bonchev–Trinajstić information content (AvgIpc) is 3.50. The second-order valence-corrected chi connectivity index (χ2v) is 12.2. The van der Waals surface area contributed by atoms with Crippen molar-refractivity contribution in [1.29, 1.82) is 0 Å².